The second-order valence-corrected chi connectivity index (χ2v) is 7.54. The first-order chi connectivity index (χ1) is 8.14. The van der Waals surface area contributed by atoms with Crippen molar-refractivity contribution in [2.24, 2.45) is 17.3 Å². The number of hydrogen-bond acceptors (Lipinski definition) is 5. The minimum absolute atomic E-state index is 0.0150. The van der Waals surface area contributed by atoms with Crippen molar-refractivity contribution in [2.75, 3.05) is 19.0 Å². The molecule has 0 aromatic carbocycles. The van der Waals surface area contributed by atoms with E-state index in [1.807, 2.05) is 20.8 Å². The molecule has 0 bridgehead atoms. The average molecular weight is 278 g/mol. The molecule has 1 aliphatic rings. The summed E-state index contributed by atoms with van der Waals surface area (Å²) in [5, 5.41) is 0. The van der Waals surface area contributed by atoms with Crippen LogP contribution in [0, 0.1) is 17.3 Å². The highest BCUT2D eigenvalue weighted by Gasteiger charge is 2.45. The van der Waals surface area contributed by atoms with Gasteiger partial charge in [-0.2, -0.15) is 8.42 Å². The molecule has 0 saturated heterocycles. The minimum atomic E-state index is -3.51. The lowest BCUT2D eigenvalue weighted by molar-refractivity contribution is -0.145. The van der Waals surface area contributed by atoms with Crippen molar-refractivity contribution in [2.45, 2.75) is 34.1 Å². The number of rotatable bonds is 6. The highest BCUT2D eigenvalue weighted by Crippen LogP contribution is 2.40. The first kappa shape index (κ1) is 15.4. The molecule has 1 saturated carbocycles. The van der Waals surface area contributed by atoms with E-state index in [9.17, 15) is 13.2 Å². The lowest BCUT2D eigenvalue weighted by Crippen LogP contribution is -2.23. The van der Waals surface area contributed by atoms with Gasteiger partial charge in [-0.15, -0.1) is 0 Å². The van der Waals surface area contributed by atoms with Gasteiger partial charge in [0.05, 0.1) is 24.9 Å². The van der Waals surface area contributed by atoms with Crippen LogP contribution in [-0.4, -0.2) is 33.4 Å². The first-order valence-corrected chi connectivity index (χ1v) is 7.76. The van der Waals surface area contributed by atoms with Crippen molar-refractivity contribution >= 4 is 16.1 Å². The van der Waals surface area contributed by atoms with Gasteiger partial charge in [0.2, 0.25) is 0 Å². The van der Waals surface area contributed by atoms with Gasteiger partial charge in [0.15, 0.2) is 0 Å². The molecule has 6 heteroatoms. The predicted molar refractivity (Wildman–Crippen MR) is 67.4 cm³/mol. The standard InChI is InChI=1S/C12H22O5S/c1-5-16-11(13)10-6-9(10)7-17-18(14,15)8-12(2,3)4/h9-10H,5-8H2,1-4H3/t9-,10-/m1/s1. The van der Waals surface area contributed by atoms with E-state index in [-0.39, 0.29) is 35.6 Å². The Labute approximate surface area is 109 Å². The number of carbonyl (C=O) groups is 1. The van der Waals surface area contributed by atoms with Crippen LogP contribution in [0.1, 0.15) is 34.1 Å². The van der Waals surface area contributed by atoms with Crippen LogP contribution in [0.3, 0.4) is 0 Å². The Balaban J connectivity index is 2.33. The molecule has 0 spiro atoms. The summed E-state index contributed by atoms with van der Waals surface area (Å²) in [5.41, 5.74) is -0.330. The minimum Gasteiger partial charge on any atom is -0.466 e. The van der Waals surface area contributed by atoms with E-state index in [1.54, 1.807) is 6.92 Å². The summed E-state index contributed by atoms with van der Waals surface area (Å²) in [7, 11) is -3.51. The monoisotopic (exact) mass is 278 g/mol. The second-order valence-electron chi connectivity index (χ2n) is 5.90. The van der Waals surface area contributed by atoms with Gasteiger partial charge in [0.1, 0.15) is 0 Å². The number of hydrogen-bond donors (Lipinski definition) is 0. The number of ether oxygens (including phenoxy) is 1. The van der Waals surface area contributed by atoms with Crippen molar-refractivity contribution in [3.63, 3.8) is 0 Å². The zero-order chi connectivity index (χ0) is 14.0. The van der Waals surface area contributed by atoms with E-state index in [0.717, 1.165) is 0 Å². The summed E-state index contributed by atoms with van der Waals surface area (Å²) in [4.78, 5) is 11.3. The van der Waals surface area contributed by atoms with Crippen LogP contribution in [-0.2, 0) is 23.8 Å². The fourth-order valence-electron chi connectivity index (χ4n) is 1.73. The van der Waals surface area contributed by atoms with Crippen LogP contribution in [0.5, 0.6) is 0 Å². The molecule has 0 aromatic heterocycles. The van der Waals surface area contributed by atoms with E-state index < -0.39 is 10.1 Å². The van der Waals surface area contributed by atoms with E-state index in [4.69, 9.17) is 8.92 Å². The highest BCUT2D eigenvalue weighted by molar-refractivity contribution is 7.86. The van der Waals surface area contributed by atoms with Crippen molar-refractivity contribution < 1.29 is 22.1 Å². The van der Waals surface area contributed by atoms with Crippen LogP contribution in [0.2, 0.25) is 0 Å². The maximum atomic E-state index is 11.6. The molecule has 0 radical (unpaired) electrons. The molecule has 0 N–H and O–H groups in total. The average Bonchev–Trinajstić information content (AvgIpc) is 2.90. The van der Waals surface area contributed by atoms with Crippen molar-refractivity contribution in [3.8, 4) is 0 Å². The van der Waals surface area contributed by atoms with Gasteiger partial charge in [-0.1, -0.05) is 20.8 Å². The summed E-state index contributed by atoms with van der Waals surface area (Å²) in [6, 6.07) is 0. The molecule has 0 aromatic rings. The molecule has 0 heterocycles. The molecule has 5 nitrogen and oxygen atoms in total. The lowest BCUT2D eigenvalue weighted by atomic mass is 10.0. The molecule has 1 rings (SSSR count). The molecular weight excluding hydrogens is 256 g/mol. The maximum absolute atomic E-state index is 11.6. The van der Waals surface area contributed by atoms with Gasteiger partial charge in [-0.3, -0.25) is 8.98 Å². The Morgan fingerprint density at radius 1 is 1.33 bits per heavy atom. The molecule has 1 fully saturated rings. The molecule has 0 aliphatic heterocycles. The summed E-state index contributed by atoms with van der Waals surface area (Å²) < 4.78 is 33.1. The Bertz CT molecular complexity index is 393. The normalized spacial score (nSPS) is 23.8. The quantitative estimate of drug-likeness (QED) is 0.545. The summed E-state index contributed by atoms with van der Waals surface area (Å²) in [6.07, 6.45) is 0.657. The summed E-state index contributed by atoms with van der Waals surface area (Å²) >= 11 is 0. The molecule has 18 heavy (non-hydrogen) atoms. The van der Waals surface area contributed by atoms with Crippen LogP contribution in [0.4, 0.5) is 0 Å². The molecule has 0 unspecified atom stereocenters. The third kappa shape index (κ3) is 5.35. The van der Waals surface area contributed by atoms with Crippen molar-refractivity contribution in [1.82, 2.24) is 0 Å². The predicted octanol–water partition coefficient (Wildman–Crippen LogP) is 1.58. The molecule has 0 amide bonds. The van der Waals surface area contributed by atoms with Crippen LogP contribution < -0.4 is 0 Å². The zero-order valence-corrected chi connectivity index (χ0v) is 12.2. The number of esters is 1. The number of carbonyl (C=O) groups excluding carboxylic acids is 1. The van der Waals surface area contributed by atoms with Gasteiger partial charge in [-0.05, 0) is 24.7 Å². The van der Waals surface area contributed by atoms with Gasteiger partial charge >= 0.3 is 5.97 Å². The van der Waals surface area contributed by atoms with Gasteiger partial charge in [-0.25, -0.2) is 0 Å². The van der Waals surface area contributed by atoms with E-state index >= 15 is 0 Å². The molecule has 1 aliphatic carbocycles. The first-order valence-electron chi connectivity index (χ1n) is 6.18. The summed E-state index contributed by atoms with van der Waals surface area (Å²) in [5.74, 6) is -0.468. The Kier molecular flexibility index (Phi) is 4.78. The van der Waals surface area contributed by atoms with Gasteiger partial charge in [0.25, 0.3) is 10.1 Å². The van der Waals surface area contributed by atoms with Crippen LogP contribution in [0.25, 0.3) is 0 Å². The fourth-order valence-corrected chi connectivity index (χ4v) is 3.26. The lowest BCUT2D eigenvalue weighted by Gasteiger charge is -2.17. The van der Waals surface area contributed by atoms with Crippen LogP contribution in [0.15, 0.2) is 0 Å². The van der Waals surface area contributed by atoms with Crippen molar-refractivity contribution in [3.05, 3.63) is 0 Å². The highest BCUT2D eigenvalue weighted by atomic mass is 32.2. The van der Waals surface area contributed by atoms with E-state index in [0.29, 0.717) is 13.0 Å². The van der Waals surface area contributed by atoms with Gasteiger partial charge < -0.3 is 4.74 Å². The largest absolute Gasteiger partial charge is 0.466 e. The Morgan fingerprint density at radius 3 is 2.44 bits per heavy atom. The van der Waals surface area contributed by atoms with Crippen LogP contribution >= 0.6 is 0 Å². The molecule has 2 atom stereocenters. The van der Waals surface area contributed by atoms with E-state index in [1.165, 1.54) is 0 Å². The fraction of sp³-hybridized carbons (Fsp3) is 0.917. The maximum Gasteiger partial charge on any atom is 0.309 e. The third-order valence-corrected chi connectivity index (χ3v) is 4.30. The third-order valence-electron chi connectivity index (χ3n) is 2.58. The van der Waals surface area contributed by atoms with Crippen molar-refractivity contribution in [1.29, 1.82) is 0 Å². The molecule has 106 valence electrons. The van der Waals surface area contributed by atoms with Gasteiger partial charge in [0, 0.05) is 0 Å². The smallest absolute Gasteiger partial charge is 0.309 e. The topological polar surface area (TPSA) is 69.7 Å². The second kappa shape index (κ2) is 5.57. The zero-order valence-electron chi connectivity index (χ0n) is 11.4. The summed E-state index contributed by atoms with van der Waals surface area (Å²) in [6.45, 7) is 7.71. The Morgan fingerprint density at radius 2 is 1.94 bits per heavy atom. The molecular formula is C12H22O5S. The SMILES string of the molecule is CCOC(=O)[C@@H]1C[C@@H]1COS(=O)(=O)CC(C)(C)C. The Hall–Kier alpha value is -0.620. The van der Waals surface area contributed by atoms with E-state index in [2.05, 4.69) is 0 Å².